The van der Waals surface area contributed by atoms with Crippen LogP contribution in [0, 0.1) is 26.7 Å². The Morgan fingerprint density at radius 1 is 1.19 bits per heavy atom. The molecule has 0 saturated heterocycles. The molecule has 0 N–H and O–H groups in total. The number of rotatable bonds is 8. The highest BCUT2D eigenvalue weighted by molar-refractivity contribution is 7.99. The predicted molar refractivity (Wildman–Crippen MR) is 136 cm³/mol. The summed E-state index contributed by atoms with van der Waals surface area (Å²) < 4.78 is 54.8. The fraction of sp³-hybridized carbons (Fsp3) is 0.357. The third-order valence-electron chi connectivity index (χ3n) is 5.91. The number of benzene rings is 2. The number of cyclic esters (lactones) is 1. The lowest BCUT2D eigenvalue weighted by Gasteiger charge is -2.31. The van der Waals surface area contributed by atoms with E-state index in [2.05, 4.69) is 6.58 Å². The summed E-state index contributed by atoms with van der Waals surface area (Å²) in [5.74, 6) is -0.170. The van der Waals surface area contributed by atoms with Crippen LogP contribution < -0.4 is 0 Å². The van der Waals surface area contributed by atoms with Gasteiger partial charge in [0.25, 0.3) is 0 Å². The van der Waals surface area contributed by atoms with Gasteiger partial charge in [0.1, 0.15) is 24.0 Å². The zero-order valence-electron chi connectivity index (χ0n) is 21.1. The van der Waals surface area contributed by atoms with E-state index in [1.165, 1.54) is 30.0 Å². The predicted octanol–water partition coefficient (Wildman–Crippen LogP) is 7.42. The number of carbonyl (C=O) groups is 2. The Balaban J connectivity index is 1.83. The van der Waals surface area contributed by atoms with Gasteiger partial charge in [-0.25, -0.2) is 9.59 Å². The van der Waals surface area contributed by atoms with Crippen LogP contribution >= 0.6 is 11.8 Å². The zero-order chi connectivity index (χ0) is 27.3. The third kappa shape index (κ3) is 7.19. The molecule has 0 saturated carbocycles. The molecule has 3 rings (SSSR count). The first kappa shape index (κ1) is 28.4. The Morgan fingerprint density at radius 2 is 1.81 bits per heavy atom. The lowest BCUT2D eigenvalue weighted by Crippen LogP contribution is -2.33. The normalized spacial score (nSPS) is 16.7. The quantitative estimate of drug-likeness (QED) is 0.199. The van der Waals surface area contributed by atoms with Crippen LogP contribution in [0.4, 0.5) is 18.0 Å². The van der Waals surface area contributed by atoms with Crippen LogP contribution in [0.5, 0.6) is 0 Å². The van der Waals surface area contributed by atoms with Gasteiger partial charge in [0, 0.05) is 23.0 Å². The van der Waals surface area contributed by atoms with Crippen LogP contribution in [0.1, 0.15) is 41.2 Å². The topological polar surface area (TPSA) is 61.8 Å². The first-order valence-corrected chi connectivity index (χ1v) is 12.7. The molecule has 5 nitrogen and oxygen atoms in total. The zero-order valence-corrected chi connectivity index (χ0v) is 21.9. The van der Waals surface area contributed by atoms with Gasteiger partial charge in [0.15, 0.2) is 0 Å². The van der Waals surface area contributed by atoms with E-state index in [0.717, 1.165) is 28.8 Å². The molecule has 0 amide bonds. The first-order valence-electron chi connectivity index (χ1n) is 11.7. The smallest absolute Gasteiger partial charge is 0.458 e. The Hall–Kier alpha value is -3.20. The molecule has 0 aliphatic carbocycles. The van der Waals surface area contributed by atoms with Crippen molar-refractivity contribution in [1.29, 1.82) is 0 Å². The number of alkyl halides is 3. The van der Waals surface area contributed by atoms with Crippen molar-refractivity contribution in [3.63, 3.8) is 0 Å². The Labute approximate surface area is 218 Å². The molecule has 2 aromatic carbocycles. The average molecular weight is 535 g/mol. The van der Waals surface area contributed by atoms with Crippen LogP contribution in [-0.4, -0.2) is 30.6 Å². The highest BCUT2D eigenvalue weighted by atomic mass is 32.2. The summed E-state index contributed by atoms with van der Waals surface area (Å²) in [5.41, 5.74) is 2.83. The second-order valence-corrected chi connectivity index (χ2v) is 10.1. The van der Waals surface area contributed by atoms with Gasteiger partial charge in [-0.3, -0.25) is 0 Å². The number of aryl methyl sites for hydroxylation is 3. The van der Waals surface area contributed by atoms with E-state index in [0.29, 0.717) is 16.2 Å². The number of hydrogen-bond acceptors (Lipinski definition) is 6. The molecule has 0 radical (unpaired) electrons. The van der Waals surface area contributed by atoms with Gasteiger partial charge in [-0.1, -0.05) is 37.3 Å². The van der Waals surface area contributed by atoms with Crippen molar-refractivity contribution < 1.29 is 37.0 Å². The van der Waals surface area contributed by atoms with Gasteiger partial charge < -0.3 is 14.2 Å². The lowest BCUT2D eigenvalue weighted by molar-refractivity contribution is -0.146. The molecule has 1 heterocycles. The van der Waals surface area contributed by atoms with Crippen LogP contribution in [0.3, 0.4) is 0 Å². The molecule has 0 bridgehead atoms. The van der Waals surface area contributed by atoms with Gasteiger partial charge >= 0.3 is 18.3 Å². The third-order valence-corrected chi connectivity index (χ3v) is 7.21. The second-order valence-electron chi connectivity index (χ2n) is 8.98. The maximum Gasteiger partial charge on any atom is 0.513 e. The molecule has 0 fully saturated rings. The van der Waals surface area contributed by atoms with Crippen molar-refractivity contribution in [2.24, 2.45) is 5.92 Å². The maximum absolute atomic E-state index is 13.3. The molecule has 9 heteroatoms. The molecule has 2 atom stereocenters. The van der Waals surface area contributed by atoms with Crippen molar-refractivity contribution in [1.82, 2.24) is 0 Å². The standard InChI is InChI=1S/C28H29F3O5S/c1-6-11-34-27(33)36-23-14-22(19(5)15-37-21-9-7-20(8-10-21)28(29,30)31)35-26(32)25(23)24-17(3)12-16(2)13-18(24)4/h6-10,12-13,19,22H,1,11,14-15H2,2-5H3. The van der Waals surface area contributed by atoms with E-state index >= 15 is 0 Å². The van der Waals surface area contributed by atoms with Crippen LogP contribution in [-0.2, 0) is 25.2 Å². The van der Waals surface area contributed by atoms with Gasteiger partial charge in [0.2, 0.25) is 0 Å². The van der Waals surface area contributed by atoms with Gasteiger partial charge in [0.05, 0.1) is 5.56 Å². The number of thioether (sulfide) groups is 1. The second kappa shape index (κ2) is 11.9. The van der Waals surface area contributed by atoms with Crippen molar-refractivity contribution in [3.05, 3.63) is 82.6 Å². The lowest BCUT2D eigenvalue weighted by atomic mass is 9.89. The highest BCUT2D eigenvalue weighted by Gasteiger charge is 2.37. The molecule has 2 aromatic rings. The summed E-state index contributed by atoms with van der Waals surface area (Å²) in [6.45, 7) is 11.0. The van der Waals surface area contributed by atoms with Gasteiger partial charge in [-0.15, -0.1) is 11.8 Å². The molecule has 2 unspecified atom stereocenters. The van der Waals surface area contributed by atoms with Crippen molar-refractivity contribution in [2.45, 2.75) is 51.3 Å². The van der Waals surface area contributed by atoms with E-state index in [1.807, 2.05) is 39.8 Å². The number of hydrogen-bond donors (Lipinski definition) is 0. The Bertz CT molecular complexity index is 1180. The SMILES string of the molecule is C=CCOC(=O)OC1=C(c2c(C)cc(C)cc2C)C(=O)OC(C(C)CSc2ccc(C(F)(F)F)cc2)C1. The van der Waals surface area contributed by atoms with Crippen molar-refractivity contribution in [2.75, 3.05) is 12.4 Å². The van der Waals surface area contributed by atoms with E-state index in [9.17, 15) is 22.8 Å². The number of carbonyl (C=O) groups excluding carboxylic acids is 2. The molecule has 0 spiro atoms. The van der Waals surface area contributed by atoms with Crippen molar-refractivity contribution >= 4 is 29.5 Å². The largest absolute Gasteiger partial charge is 0.513 e. The van der Waals surface area contributed by atoms with Gasteiger partial charge in [-0.05, 0) is 61.7 Å². The minimum atomic E-state index is -4.39. The summed E-state index contributed by atoms with van der Waals surface area (Å²) in [6.07, 6.45) is -4.40. The van der Waals surface area contributed by atoms with E-state index in [-0.39, 0.29) is 30.3 Å². The summed E-state index contributed by atoms with van der Waals surface area (Å²) in [5, 5.41) is 0. The first-order chi connectivity index (χ1) is 17.4. The summed E-state index contributed by atoms with van der Waals surface area (Å²) in [7, 11) is 0. The van der Waals surface area contributed by atoms with Gasteiger partial charge in [-0.2, -0.15) is 13.2 Å². The fourth-order valence-electron chi connectivity index (χ4n) is 4.19. The maximum atomic E-state index is 13.3. The molecule has 37 heavy (non-hydrogen) atoms. The minimum Gasteiger partial charge on any atom is -0.458 e. The Morgan fingerprint density at radius 3 is 2.38 bits per heavy atom. The number of halogens is 3. The monoisotopic (exact) mass is 534 g/mol. The summed E-state index contributed by atoms with van der Waals surface area (Å²) in [6, 6.07) is 8.78. The minimum absolute atomic E-state index is 0.0436. The average Bonchev–Trinajstić information content (AvgIpc) is 2.81. The van der Waals surface area contributed by atoms with Crippen LogP contribution in [0.15, 0.2) is 59.7 Å². The number of esters is 1. The molecule has 198 valence electrons. The molecule has 0 aromatic heterocycles. The molecular weight excluding hydrogens is 505 g/mol. The molecule has 1 aliphatic heterocycles. The fourth-order valence-corrected chi connectivity index (χ4v) is 5.19. The summed E-state index contributed by atoms with van der Waals surface area (Å²) in [4.78, 5) is 26.2. The van der Waals surface area contributed by atoms with E-state index < -0.39 is 30.0 Å². The molecule has 1 aliphatic rings. The Kier molecular flexibility index (Phi) is 9.12. The van der Waals surface area contributed by atoms with E-state index in [4.69, 9.17) is 14.2 Å². The molecular formula is C28H29F3O5S. The van der Waals surface area contributed by atoms with Crippen molar-refractivity contribution in [3.8, 4) is 0 Å². The van der Waals surface area contributed by atoms with E-state index in [1.54, 1.807) is 0 Å². The summed E-state index contributed by atoms with van der Waals surface area (Å²) >= 11 is 1.35. The van der Waals surface area contributed by atoms with Crippen LogP contribution in [0.2, 0.25) is 0 Å². The number of ether oxygens (including phenoxy) is 3. The highest BCUT2D eigenvalue weighted by Crippen LogP contribution is 2.38. The van der Waals surface area contributed by atoms with Crippen LogP contribution in [0.25, 0.3) is 5.57 Å².